The Morgan fingerprint density at radius 3 is 1.93 bits per heavy atom. The number of aryl methyl sites for hydroxylation is 1. The van der Waals surface area contributed by atoms with Crippen molar-refractivity contribution in [3.05, 3.63) is 78.4 Å². The minimum Gasteiger partial charge on any atom is -0.506 e. The van der Waals surface area contributed by atoms with E-state index in [0.717, 1.165) is 5.56 Å². The lowest BCUT2D eigenvalue weighted by Crippen LogP contribution is -2.06. The van der Waals surface area contributed by atoms with E-state index in [9.17, 15) is 13.5 Å². The van der Waals surface area contributed by atoms with Gasteiger partial charge in [0.05, 0.1) is 21.4 Å². The van der Waals surface area contributed by atoms with Gasteiger partial charge in [-0.1, -0.05) is 54.1 Å². The number of hydrogen-bond donors (Lipinski definition) is 1. The molecular formula is C23H16N2O3S. The molecule has 5 rings (SSSR count). The summed E-state index contributed by atoms with van der Waals surface area (Å²) in [5.74, 6) is -0.307. The zero-order valence-corrected chi connectivity index (χ0v) is 16.3. The molecule has 0 saturated heterocycles. The summed E-state index contributed by atoms with van der Waals surface area (Å²) in [5, 5.41) is 12.1. The van der Waals surface area contributed by atoms with Crippen molar-refractivity contribution in [1.29, 1.82) is 0 Å². The molecule has 142 valence electrons. The van der Waals surface area contributed by atoms with Crippen LogP contribution in [-0.2, 0) is 9.84 Å². The fourth-order valence-corrected chi connectivity index (χ4v) is 5.06. The van der Waals surface area contributed by atoms with Crippen molar-refractivity contribution >= 4 is 42.7 Å². The minimum atomic E-state index is -4.03. The second kappa shape index (κ2) is 6.25. The van der Waals surface area contributed by atoms with Crippen molar-refractivity contribution in [2.24, 2.45) is 0 Å². The van der Waals surface area contributed by atoms with Gasteiger partial charge >= 0.3 is 0 Å². The lowest BCUT2D eigenvalue weighted by molar-refractivity contribution is 0.466. The molecule has 1 aromatic heterocycles. The van der Waals surface area contributed by atoms with Crippen molar-refractivity contribution in [2.45, 2.75) is 16.7 Å². The third-order valence-corrected chi connectivity index (χ3v) is 6.85. The molecule has 0 aliphatic carbocycles. The molecular weight excluding hydrogens is 384 g/mol. The summed E-state index contributed by atoms with van der Waals surface area (Å²) in [6.45, 7) is 1.89. The highest BCUT2D eigenvalue weighted by Crippen LogP contribution is 2.41. The number of aromatic nitrogens is 2. The van der Waals surface area contributed by atoms with Crippen molar-refractivity contribution in [1.82, 2.24) is 9.97 Å². The molecule has 0 atom stereocenters. The first-order valence-corrected chi connectivity index (χ1v) is 10.6. The highest BCUT2D eigenvalue weighted by Gasteiger charge is 2.28. The van der Waals surface area contributed by atoms with Crippen molar-refractivity contribution in [3.8, 4) is 5.75 Å². The largest absolute Gasteiger partial charge is 0.506 e. The molecule has 0 unspecified atom stereocenters. The molecule has 1 heterocycles. The highest BCUT2D eigenvalue weighted by atomic mass is 32.2. The zero-order valence-electron chi connectivity index (χ0n) is 15.5. The lowest BCUT2D eigenvalue weighted by Gasteiger charge is -2.14. The number of aromatic hydroxyl groups is 1. The van der Waals surface area contributed by atoms with E-state index in [4.69, 9.17) is 4.98 Å². The maximum atomic E-state index is 13.5. The number of hydrogen-bond acceptors (Lipinski definition) is 5. The maximum Gasteiger partial charge on any atom is 0.212 e. The quantitative estimate of drug-likeness (QED) is 0.341. The molecule has 29 heavy (non-hydrogen) atoms. The molecule has 1 N–H and O–H groups in total. The van der Waals surface area contributed by atoms with E-state index in [1.165, 1.54) is 0 Å². The Labute approximate surface area is 167 Å². The first-order chi connectivity index (χ1) is 14.0. The van der Waals surface area contributed by atoms with Gasteiger partial charge in [-0.25, -0.2) is 18.4 Å². The number of nitrogens with zero attached hydrogens (tertiary/aromatic N) is 2. The molecule has 0 amide bonds. The smallest absolute Gasteiger partial charge is 0.212 e. The number of sulfone groups is 1. The summed E-state index contributed by atoms with van der Waals surface area (Å²) in [6, 6.07) is 20.9. The summed E-state index contributed by atoms with van der Waals surface area (Å²) < 4.78 is 27.1. The van der Waals surface area contributed by atoms with Crippen molar-refractivity contribution in [3.63, 3.8) is 0 Å². The van der Waals surface area contributed by atoms with Crippen LogP contribution in [0.25, 0.3) is 32.8 Å². The maximum absolute atomic E-state index is 13.5. The van der Waals surface area contributed by atoms with Crippen LogP contribution in [0.2, 0.25) is 0 Å². The molecule has 0 radical (unpaired) electrons. The van der Waals surface area contributed by atoms with Gasteiger partial charge in [0.2, 0.25) is 9.84 Å². The Hall–Kier alpha value is -3.51. The molecule has 6 heteroatoms. The van der Waals surface area contributed by atoms with Crippen LogP contribution in [0.3, 0.4) is 0 Å². The molecule has 4 aromatic carbocycles. The van der Waals surface area contributed by atoms with Gasteiger partial charge in [0, 0.05) is 10.8 Å². The average molecular weight is 400 g/mol. The summed E-state index contributed by atoms with van der Waals surface area (Å²) in [7, 11) is -4.03. The summed E-state index contributed by atoms with van der Waals surface area (Å²) in [6.07, 6.45) is 0. The number of para-hydroxylation sites is 2. The van der Waals surface area contributed by atoms with Gasteiger partial charge in [0.1, 0.15) is 16.2 Å². The Balaban J connectivity index is 1.99. The van der Waals surface area contributed by atoms with Crippen LogP contribution < -0.4 is 0 Å². The number of phenols is 1. The normalized spacial score (nSPS) is 12.0. The van der Waals surface area contributed by atoms with Crippen LogP contribution in [0.15, 0.2) is 82.6 Å². The molecule has 0 spiro atoms. The van der Waals surface area contributed by atoms with Crippen molar-refractivity contribution < 1.29 is 13.5 Å². The predicted octanol–water partition coefficient (Wildman–Crippen LogP) is 4.78. The van der Waals surface area contributed by atoms with Crippen LogP contribution in [0.5, 0.6) is 5.75 Å². The van der Waals surface area contributed by atoms with Crippen LogP contribution >= 0.6 is 0 Å². The van der Waals surface area contributed by atoms with E-state index >= 15 is 0 Å². The van der Waals surface area contributed by atoms with Gasteiger partial charge in [-0.15, -0.1) is 0 Å². The fourth-order valence-electron chi connectivity index (χ4n) is 3.57. The van der Waals surface area contributed by atoms with Crippen LogP contribution in [0, 0.1) is 6.92 Å². The van der Waals surface area contributed by atoms with E-state index in [2.05, 4.69) is 4.98 Å². The predicted molar refractivity (Wildman–Crippen MR) is 113 cm³/mol. The second-order valence-electron chi connectivity index (χ2n) is 6.95. The van der Waals surface area contributed by atoms with Crippen LogP contribution in [0.1, 0.15) is 5.56 Å². The van der Waals surface area contributed by atoms with E-state index in [-0.39, 0.29) is 21.1 Å². The van der Waals surface area contributed by atoms with E-state index in [1.807, 2.05) is 37.3 Å². The van der Waals surface area contributed by atoms with Gasteiger partial charge in [0.15, 0.2) is 0 Å². The third-order valence-electron chi connectivity index (χ3n) is 5.04. The molecule has 5 nitrogen and oxygen atoms in total. The topological polar surface area (TPSA) is 80.2 Å². The van der Waals surface area contributed by atoms with Crippen molar-refractivity contribution in [2.75, 3.05) is 0 Å². The number of phenolic OH excluding ortho intramolecular Hbond substituents is 1. The Kier molecular flexibility index (Phi) is 3.79. The Bertz CT molecular complexity index is 1530. The van der Waals surface area contributed by atoms with Gasteiger partial charge in [-0.3, -0.25) is 0 Å². The van der Waals surface area contributed by atoms with Crippen LogP contribution in [-0.4, -0.2) is 23.5 Å². The van der Waals surface area contributed by atoms with Gasteiger partial charge in [-0.2, -0.15) is 0 Å². The molecule has 0 aliphatic rings. The molecule has 0 saturated carbocycles. The van der Waals surface area contributed by atoms with Gasteiger partial charge < -0.3 is 5.11 Å². The second-order valence-corrected chi connectivity index (χ2v) is 8.84. The van der Waals surface area contributed by atoms with E-state index < -0.39 is 9.84 Å². The summed E-state index contributed by atoms with van der Waals surface area (Å²) in [5.41, 5.74) is 2.79. The standard InChI is InChI=1S/C23H16N2O3S/c1-14-10-12-15(13-11-14)29(27,28)23-21-20(16-6-2-3-7-17(16)22(23)26)24-18-8-4-5-9-19(18)25-21/h2-13,26H,1H3. The summed E-state index contributed by atoms with van der Waals surface area (Å²) >= 11 is 0. The Morgan fingerprint density at radius 1 is 0.724 bits per heavy atom. The molecule has 5 aromatic rings. The molecule has 0 aliphatic heterocycles. The molecule has 0 fully saturated rings. The zero-order chi connectivity index (χ0) is 20.2. The first-order valence-electron chi connectivity index (χ1n) is 9.09. The van der Waals surface area contributed by atoms with Gasteiger partial charge in [-0.05, 0) is 31.2 Å². The number of rotatable bonds is 2. The third kappa shape index (κ3) is 2.64. The number of fused-ring (bicyclic) bond motifs is 4. The van der Waals surface area contributed by atoms with Crippen LogP contribution in [0.4, 0.5) is 0 Å². The van der Waals surface area contributed by atoms with Gasteiger partial charge in [0.25, 0.3) is 0 Å². The first kappa shape index (κ1) is 17.6. The fraction of sp³-hybridized carbons (Fsp3) is 0.0435. The Morgan fingerprint density at radius 2 is 1.28 bits per heavy atom. The summed E-state index contributed by atoms with van der Waals surface area (Å²) in [4.78, 5) is 9.17. The van der Waals surface area contributed by atoms with E-state index in [1.54, 1.807) is 42.5 Å². The van der Waals surface area contributed by atoms with E-state index in [0.29, 0.717) is 27.3 Å². The highest BCUT2D eigenvalue weighted by molar-refractivity contribution is 7.91. The number of benzene rings is 4. The lowest BCUT2D eigenvalue weighted by atomic mass is 10.1. The minimum absolute atomic E-state index is 0.102. The molecule has 0 bridgehead atoms. The average Bonchev–Trinajstić information content (AvgIpc) is 2.73. The SMILES string of the molecule is Cc1ccc(S(=O)(=O)c2c(O)c3ccccc3c3nc4ccccc4nc23)cc1. The monoisotopic (exact) mass is 400 g/mol.